The number of carboxylic acid groups (broad SMARTS) is 1. The average Bonchev–Trinajstić information content (AvgIpc) is 3.59. The number of tetrazole rings is 1. The van der Waals surface area contributed by atoms with E-state index < -0.39 is 5.97 Å². The number of benzene rings is 3. The van der Waals surface area contributed by atoms with Crippen LogP contribution in [0.5, 0.6) is 0 Å². The van der Waals surface area contributed by atoms with Crippen LogP contribution in [0.2, 0.25) is 0 Å². The fourth-order valence-electron chi connectivity index (χ4n) is 4.27. The van der Waals surface area contributed by atoms with Gasteiger partial charge in [0.25, 0.3) is 0 Å². The van der Waals surface area contributed by atoms with Gasteiger partial charge in [-0.3, -0.25) is 0 Å². The van der Waals surface area contributed by atoms with E-state index in [0.717, 1.165) is 58.6 Å². The number of carbonyl (C=O) groups is 1. The van der Waals surface area contributed by atoms with Gasteiger partial charge in [-0.2, -0.15) is 5.21 Å². The third-order valence-corrected chi connectivity index (χ3v) is 6.15. The lowest BCUT2D eigenvalue weighted by Crippen LogP contribution is -2.04. The van der Waals surface area contributed by atoms with Gasteiger partial charge in [0.05, 0.1) is 11.3 Å². The zero-order valence-corrected chi connectivity index (χ0v) is 19.9. The summed E-state index contributed by atoms with van der Waals surface area (Å²) in [5.41, 5.74) is 6.03. The summed E-state index contributed by atoms with van der Waals surface area (Å²) in [5.74, 6) is 0.621. The van der Waals surface area contributed by atoms with E-state index in [0.29, 0.717) is 12.4 Å². The van der Waals surface area contributed by atoms with Crippen molar-refractivity contribution < 1.29 is 9.90 Å². The molecule has 0 fully saturated rings. The summed E-state index contributed by atoms with van der Waals surface area (Å²) < 4.78 is 2.17. The van der Waals surface area contributed by atoms with E-state index in [1.165, 1.54) is 0 Å². The van der Waals surface area contributed by atoms with E-state index >= 15 is 0 Å². The molecule has 0 aliphatic carbocycles. The van der Waals surface area contributed by atoms with Crippen molar-refractivity contribution in [2.45, 2.75) is 32.7 Å². The van der Waals surface area contributed by atoms with Crippen molar-refractivity contribution in [3.63, 3.8) is 0 Å². The number of hydrogen-bond donors (Lipinski definition) is 2. The van der Waals surface area contributed by atoms with Crippen LogP contribution in [0, 0.1) is 0 Å². The maximum absolute atomic E-state index is 11.4. The van der Waals surface area contributed by atoms with Crippen molar-refractivity contribution in [2.75, 3.05) is 0 Å². The molecule has 0 saturated heterocycles. The van der Waals surface area contributed by atoms with Gasteiger partial charge in [0.2, 0.25) is 5.82 Å². The molecule has 3 aromatic carbocycles. The van der Waals surface area contributed by atoms with Gasteiger partial charge in [0, 0.05) is 30.3 Å². The normalized spacial score (nSPS) is 11.0. The molecule has 0 aliphatic heterocycles. The topological polar surface area (TPSA) is 110 Å². The van der Waals surface area contributed by atoms with E-state index in [2.05, 4.69) is 62.4 Å². The molecule has 0 saturated carbocycles. The second kappa shape index (κ2) is 10.4. The van der Waals surface area contributed by atoms with E-state index in [1.54, 1.807) is 18.2 Å². The summed E-state index contributed by atoms with van der Waals surface area (Å²) in [6.45, 7) is 2.84. The first kappa shape index (κ1) is 23.2. The van der Waals surface area contributed by atoms with Crippen molar-refractivity contribution >= 4 is 5.97 Å². The van der Waals surface area contributed by atoms with E-state index in [1.807, 2.05) is 30.5 Å². The van der Waals surface area contributed by atoms with Gasteiger partial charge in [-0.05, 0) is 40.5 Å². The number of carboxylic acids is 1. The smallest absolute Gasteiger partial charge is 0.335 e. The van der Waals surface area contributed by atoms with Crippen LogP contribution in [-0.4, -0.2) is 41.3 Å². The molecule has 2 N–H and O–H groups in total. The van der Waals surface area contributed by atoms with Crippen LogP contribution in [0.25, 0.3) is 33.8 Å². The van der Waals surface area contributed by atoms with Gasteiger partial charge >= 0.3 is 5.97 Å². The minimum Gasteiger partial charge on any atom is -0.478 e. The minimum absolute atomic E-state index is 0.258. The number of rotatable bonds is 9. The SMILES string of the molecule is CCCCc1nc(-c2cccc(C(=O)O)c2)cn1Cc1ccc(-c2ccccc2-c2nn[nH]n2)cc1. The lowest BCUT2D eigenvalue weighted by molar-refractivity contribution is 0.0697. The molecule has 2 heterocycles. The first-order valence-electron chi connectivity index (χ1n) is 11.9. The number of aryl methyl sites for hydroxylation is 1. The van der Waals surface area contributed by atoms with Gasteiger partial charge in [-0.1, -0.05) is 74.0 Å². The lowest BCUT2D eigenvalue weighted by atomic mass is 9.98. The molecule has 5 aromatic rings. The number of aromatic amines is 1. The fraction of sp³-hybridized carbons (Fsp3) is 0.179. The monoisotopic (exact) mass is 478 g/mol. The number of H-pyrrole nitrogens is 1. The Bertz CT molecular complexity index is 1470. The van der Waals surface area contributed by atoms with Crippen LogP contribution in [0.4, 0.5) is 0 Å². The summed E-state index contributed by atoms with van der Waals surface area (Å²) in [4.78, 5) is 16.3. The second-order valence-electron chi connectivity index (χ2n) is 8.64. The summed E-state index contributed by atoms with van der Waals surface area (Å²) in [7, 11) is 0. The summed E-state index contributed by atoms with van der Waals surface area (Å²) >= 11 is 0. The molecule has 36 heavy (non-hydrogen) atoms. The highest BCUT2D eigenvalue weighted by molar-refractivity contribution is 5.89. The molecule has 0 unspecified atom stereocenters. The van der Waals surface area contributed by atoms with Crippen molar-refractivity contribution in [3.8, 4) is 33.8 Å². The molecule has 8 heteroatoms. The van der Waals surface area contributed by atoms with Crippen molar-refractivity contribution in [3.05, 3.63) is 95.9 Å². The van der Waals surface area contributed by atoms with Gasteiger partial charge < -0.3 is 9.67 Å². The number of aromatic nitrogens is 6. The largest absolute Gasteiger partial charge is 0.478 e. The summed E-state index contributed by atoms with van der Waals surface area (Å²) in [6.07, 6.45) is 5.00. The van der Waals surface area contributed by atoms with E-state index in [-0.39, 0.29) is 5.56 Å². The number of aromatic carboxylic acids is 1. The average molecular weight is 479 g/mol. The zero-order valence-electron chi connectivity index (χ0n) is 19.9. The van der Waals surface area contributed by atoms with Gasteiger partial charge in [0.1, 0.15) is 5.82 Å². The molecular formula is C28H26N6O2. The maximum Gasteiger partial charge on any atom is 0.335 e. The second-order valence-corrected chi connectivity index (χ2v) is 8.64. The minimum atomic E-state index is -0.941. The molecule has 0 radical (unpaired) electrons. The Labute approximate surface area is 208 Å². The maximum atomic E-state index is 11.4. The molecule has 0 amide bonds. The van der Waals surface area contributed by atoms with Gasteiger partial charge in [0.15, 0.2) is 0 Å². The third kappa shape index (κ3) is 4.93. The Balaban J connectivity index is 1.43. The predicted molar refractivity (Wildman–Crippen MR) is 137 cm³/mol. The quantitative estimate of drug-likeness (QED) is 0.290. The van der Waals surface area contributed by atoms with Crippen LogP contribution in [0.15, 0.2) is 79.0 Å². The first-order chi connectivity index (χ1) is 17.6. The molecule has 5 rings (SSSR count). The van der Waals surface area contributed by atoms with E-state index in [4.69, 9.17) is 4.98 Å². The highest BCUT2D eigenvalue weighted by atomic mass is 16.4. The van der Waals surface area contributed by atoms with Gasteiger partial charge in [-0.15, -0.1) is 10.2 Å². The zero-order chi connectivity index (χ0) is 24.9. The van der Waals surface area contributed by atoms with Crippen LogP contribution >= 0.6 is 0 Å². The van der Waals surface area contributed by atoms with E-state index in [9.17, 15) is 9.90 Å². The first-order valence-corrected chi connectivity index (χ1v) is 11.9. The Morgan fingerprint density at radius 2 is 1.78 bits per heavy atom. The Kier molecular flexibility index (Phi) is 6.66. The molecule has 2 aromatic heterocycles. The van der Waals surface area contributed by atoms with Crippen molar-refractivity contribution in [2.24, 2.45) is 0 Å². The lowest BCUT2D eigenvalue weighted by Gasteiger charge is -2.10. The molecule has 0 bridgehead atoms. The highest BCUT2D eigenvalue weighted by Crippen LogP contribution is 2.30. The van der Waals surface area contributed by atoms with Crippen molar-refractivity contribution in [1.29, 1.82) is 0 Å². The van der Waals surface area contributed by atoms with Crippen LogP contribution in [0.3, 0.4) is 0 Å². The Morgan fingerprint density at radius 3 is 2.50 bits per heavy atom. The summed E-state index contributed by atoms with van der Waals surface area (Å²) in [6, 6.07) is 23.4. The molecule has 0 spiro atoms. The number of imidazole rings is 1. The molecule has 0 aliphatic rings. The third-order valence-electron chi connectivity index (χ3n) is 6.15. The number of unbranched alkanes of at least 4 members (excludes halogenated alkanes) is 1. The Morgan fingerprint density at radius 1 is 0.972 bits per heavy atom. The standard InChI is InChI=1S/C28H26N6O2/c1-2-3-11-26-29-25(21-7-6-8-22(16-21)28(35)36)18-34(26)17-19-12-14-20(15-13-19)23-9-4-5-10-24(23)27-30-32-33-31-27/h4-10,12-16,18H,2-3,11,17H2,1H3,(H,35,36)(H,30,31,32,33). The molecule has 8 nitrogen and oxygen atoms in total. The van der Waals surface area contributed by atoms with Crippen LogP contribution < -0.4 is 0 Å². The molecule has 0 atom stereocenters. The highest BCUT2D eigenvalue weighted by Gasteiger charge is 2.13. The molecular weight excluding hydrogens is 452 g/mol. The predicted octanol–water partition coefficient (Wildman–Crippen LogP) is 5.49. The Hall–Kier alpha value is -4.59. The van der Waals surface area contributed by atoms with Crippen LogP contribution in [-0.2, 0) is 13.0 Å². The van der Waals surface area contributed by atoms with Crippen molar-refractivity contribution in [1.82, 2.24) is 30.2 Å². The summed E-state index contributed by atoms with van der Waals surface area (Å²) in [5, 5.41) is 23.8. The molecule has 180 valence electrons. The number of hydrogen-bond acceptors (Lipinski definition) is 5. The van der Waals surface area contributed by atoms with Crippen LogP contribution in [0.1, 0.15) is 41.5 Å². The number of nitrogens with one attached hydrogen (secondary N) is 1. The number of nitrogens with zero attached hydrogens (tertiary/aromatic N) is 5. The van der Waals surface area contributed by atoms with Gasteiger partial charge in [-0.25, -0.2) is 9.78 Å². The fourth-order valence-corrected chi connectivity index (χ4v) is 4.27.